The number of hydrogen-bond donors (Lipinski definition) is 1. The molecule has 0 amide bonds. The Balaban J connectivity index is 2.07. The smallest absolute Gasteiger partial charge is 0.127 e. The zero-order chi connectivity index (χ0) is 12.1. The van der Waals surface area contributed by atoms with Crippen molar-refractivity contribution in [3.63, 3.8) is 0 Å². The fourth-order valence-corrected chi connectivity index (χ4v) is 3.92. The summed E-state index contributed by atoms with van der Waals surface area (Å²) in [4.78, 5) is 0. The van der Waals surface area contributed by atoms with Crippen LogP contribution in [0.2, 0.25) is 0 Å². The van der Waals surface area contributed by atoms with Gasteiger partial charge in [-0.25, -0.2) is 0 Å². The van der Waals surface area contributed by atoms with Crippen LogP contribution in [0.25, 0.3) is 10.9 Å². The van der Waals surface area contributed by atoms with Gasteiger partial charge in [0.1, 0.15) is 6.04 Å². The van der Waals surface area contributed by atoms with Gasteiger partial charge in [-0.05, 0) is 37.5 Å². The summed E-state index contributed by atoms with van der Waals surface area (Å²) in [5.74, 6) is 0. The van der Waals surface area contributed by atoms with Crippen molar-refractivity contribution >= 4 is 10.9 Å². The molecule has 18 heavy (non-hydrogen) atoms. The van der Waals surface area contributed by atoms with Gasteiger partial charge in [-0.2, -0.15) is 0 Å². The lowest BCUT2D eigenvalue weighted by molar-refractivity contribution is -0.696. The van der Waals surface area contributed by atoms with Crippen LogP contribution in [-0.2, 0) is 13.0 Å². The molecule has 0 fully saturated rings. The van der Waals surface area contributed by atoms with Crippen LogP contribution >= 0.6 is 0 Å². The number of nitrogens with two attached hydrogens (primary N) is 1. The Morgan fingerprint density at radius 2 is 2.22 bits per heavy atom. The SMILES string of the molecule is Cc1ccc2c(c1)c1c3n2CCC[NH2+]C3CCC1. The van der Waals surface area contributed by atoms with Crippen LogP contribution in [0, 0.1) is 6.92 Å². The number of quaternary nitrogens is 1. The number of nitrogens with zero attached hydrogens (tertiary/aromatic N) is 1. The van der Waals surface area contributed by atoms with Gasteiger partial charge in [0.25, 0.3) is 0 Å². The highest BCUT2D eigenvalue weighted by Gasteiger charge is 2.31. The molecule has 1 aliphatic heterocycles. The van der Waals surface area contributed by atoms with E-state index in [0.717, 1.165) is 6.04 Å². The Labute approximate surface area is 108 Å². The molecule has 94 valence electrons. The molecule has 4 rings (SSSR count). The highest BCUT2D eigenvalue weighted by atomic mass is 15.1. The van der Waals surface area contributed by atoms with E-state index in [1.54, 1.807) is 11.3 Å². The highest BCUT2D eigenvalue weighted by Crippen LogP contribution is 2.36. The van der Waals surface area contributed by atoms with E-state index in [1.807, 2.05) is 0 Å². The Hall–Kier alpha value is -1.28. The van der Waals surface area contributed by atoms with Gasteiger partial charge in [-0.3, -0.25) is 0 Å². The predicted molar refractivity (Wildman–Crippen MR) is 73.8 cm³/mol. The summed E-state index contributed by atoms with van der Waals surface area (Å²) in [7, 11) is 0. The van der Waals surface area contributed by atoms with Crippen molar-refractivity contribution in [2.75, 3.05) is 6.54 Å². The molecule has 1 unspecified atom stereocenters. The summed E-state index contributed by atoms with van der Waals surface area (Å²) in [6.07, 6.45) is 5.32. The summed E-state index contributed by atoms with van der Waals surface area (Å²) in [5, 5.41) is 4.11. The number of hydrogen-bond acceptors (Lipinski definition) is 0. The lowest BCUT2D eigenvalue weighted by atomic mass is 9.91. The molecular weight excluding hydrogens is 220 g/mol. The number of aromatic nitrogens is 1. The molecule has 2 heteroatoms. The first-order valence-corrected chi connectivity index (χ1v) is 7.29. The molecule has 0 bridgehead atoms. The molecule has 0 saturated heterocycles. The number of benzene rings is 1. The average Bonchev–Trinajstić information content (AvgIpc) is 2.56. The van der Waals surface area contributed by atoms with E-state index in [1.165, 1.54) is 55.2 Å². The molecule has 1 aromatic carbocycles. The molecule has 1 aliphatic carbocycles. The van der Waals surface area contributed by atoms with Gasteiger partial charge in [-0.1, -0.05) is 11.6 Å². The third kappa shape index (κ3) is 1.39. The van der Waals surface area contributed by atoms with Crippen molar-refractivity contribution in [3.8, 4) is 0 Å². The molecule has 1 aromatic heterocycles. The zero-order valence-electron chi connectivity index (χ0n) is 11.1. The lowest BCUT2D eigenvalue weighted by Gasteiger charge is -2.21. The first-order valence-electron chi connectivity index (χ1n) is 7.29. The summed E-state index contributed by atoms with van der Waals surface area (Å²) >= 11 is 0. The maximum absolute atomic E-state index is 2.62. The lowest BCUT2D eigenvalue weighted by Crippen LogP contribution is -2.85. The number of aryl methyl sites for hydroxylation is 3. The maximum Gasteiger partial charge on any atom is 0.127 e. The Kier molecular flexibility index (Phi) is 2.28. The van der Waals surface area contributed by atoms with Crippen molar-refractivity contribution < 1.29 is 5.32 Å². The molecular formula is C16H21N2+. The standard InChI is InChI=1S/C16H20N2/c1-11-6-7-15-13(10-11)12-4-2-5-14-16(12)18(15)9-3-8-17-14/h6-7,10,14,17H,2-5,8-9H2,1H3/p+1. The van der Waals surface area contributed by atoms with E-state index >= 15 is 0 Å². The van der Waals surface area contributed by atoms with Crippen LogP contribution in [0.15, 0.2) is 18.2 Å². The summed E-state index contributed by atoms with van der Waals surface area (Å²) in [6, 6.07) is 7.73. The molecule has 2 aromatic rings. The summed E-state index contributed by atoms with van der Waals surface area (Å²) < 4.78 is 2.62. The van der Waals surface area contributed by atoms with Gasteiger partial charge < -0.3 is 9.88 Å². The Bertz CT molecular complexity index is 605. The molecule has 0 saturated carbocycles. The van der Waals surface area contributed by atoms with Crippen molar-refractivity contribution in [1.29, 1.82) is 0 Å². The van der Waals surface area contributed by atoms with Crippen LogP contribution in [0.4, 0.5) is 0 Å². The van der Waals surface area contributed by atoms with Gasteiger partial charge in [0.2, 0.25) is 0 Å². The first-order chi connectivity index (χ1) is 8.84. The third-order valence-corrected chi connectivity index (χ3v) is 4.70. The molecule has 2 aliphatic rings. The van der Waals surface area contributed by atoms with Crippen LogP contribution in [0.3, 0.4) is 0 Å². The number of fused-ring (bicyclic) bond motifs is 3. The number of rotatable bonds is 0. The zero-order valence-corrected chi connectivity index (χ0v) is 11.1. The average molecular weight is 241 g/mol. The van der Waals surface area contributed by atoms with E-state index in [9.17, 15) is 0 Å². The second-order valence-electron chi connectivity index (χ2n) is 5.91. The maximum atomic E-state index is 2.62. The van der Waals surface area contributed by atoms with Crippen molar-refractivity contribution in [2.24, 2.45) is 0 Å². The van der Waals surface area contributed by atoms with E-state index in [4.69, 9.17) is 0 Å². The van der Waals surface area contributed by atoms with Gasteiger partial charge in [0.15, 0.2) is 0 Å². The second kappa shape index (κ2) is 3.86. The van der Waals surface area contributed by atoms with Crippen LogP contribution in [0.1, 0.15) is 42.1 Å². The van der Waals surface area contributed by atoms with E-state index in [2.05, 4.69) is 35.0 Å². The molecule has 1 atom stereocenters. The molecule has 0 spiro atoms. The minimum absolute atomic E-state index is 0.726. The molecule has 2 N–H and O–H groups in total. The van der Waals surface area contributed by atoms with Crippen molar-refractivity contribution in [3.05, 3.63) is 35.0 Å². The van der Waals surface area contributed by atoms with Crippen molar-refractivity contribution in [2.45, 2.75) is 45.2 Å². The van der Waals surface area contributed by atoms with Gasteiger partial charge in [0, 0.05) is 30.3 Å². The predicted octanol–water partition coefficient (Wildman–Crippen LogP) is 2.29. The third-order valence-electron chi connectivity index (χ3n) is 4.70. The van der Waals surface area contributed by atoms with Gasteiger partial charge in [-0.15, -0.1) is 0 Å². The normalized spacial score (nSPS) is 22.8. The summed E-state index contributed by atoms with van der Waals surface area (Å²) in [6.45, 7) is 4.71. The van der Waals surface area contributed by atoms with E-state index in [-0.39, 0.29) is 0 Å². The fraction of sp³-hybridized carbons (Fsp3) is 0.500. The molecule has 2 heterocycles. The monoisotopic (exact) mass is 241 g/mol. The quantitative estimate of drug-likeness (QED) is 0.731. The molecule has 0 radical (unpaired) electrons. The Morgan fingerprint density at radius 3 is 3.17 bits per heavy atom. The molecule has 2 nitrogen and oxygen atoms in total. The topological polar surface area (TPSA) is 21.5 Å². The minimum atomic E-state index is 0.726. The van der Waals surface area contributed by atoms with Gasteiger partial charge >= 0.3 is 0 Å². The van der Waals surface area contributed by atoms with Crippen molar-refractivity contribution in [1.82, 2.24) is 4.57 Å². The highest BCUT2D eigenvalue weighted by molar-refractivity contribution is 5.86. The van der Waals surface area contributed by atoms with Gasteiger partial charge in [0.05, 0.1) is 12.2 Å². The van der Waals surface area contributed by atoms with E-state index in [0.29, 0.717) is 0 Å². The largest absolute Gasteiger partial charge is 0.339 e. The van der Waals surface area contributed by atoms with Crippen LogP contribution in [-0.4, -0.2) is 11.1 Å². The van der Waals surface area contributed by atoms with E-state index < -0.39 is 0 Å². The Morgan fingerprint density at radius 1 is 1.28 bits per heavy atom. The summed E-state index contributed by atoms with van der Waals surface area (Å²) in [5.41, 5.74) is 6.18. The second-order valence-corrected chi connectivity index (χ2v) is 5.91. The fourth-order valence-electron chi connectivity index (χ4n) is 3.92. The van der Waals surface area contributed by atoms with Crippen LogP contribution in [0.5, 0.6) is 0 Å². The minimum Gasteiger partial charge on any atom is -0.339 e. The van der Waals surface area contributed by atoms with Crippen LogP contribution < -0.4 is 5.32 Å². The first kappa shape index (κ1) is 10.6.